The number of carbonyl (C=O) groups excluding carboxylic acids is 1. The number of nitrogens with one attached hydrogen (secondary N) is 1. The van der Waals surface area contributed by atoms with Gasteiger partial charge in [0.05, 0.1) is 10.5 Å². The van der Waals surface area contributed by atoms with Crippen LogP contribution in [0.15, 0.2) is 42.5 Å². The lowest BCUT2D eigenvalue weighted by Gasteiger charge is -2.10. The molecule has 0 unspecified atom stereocenters. The minimum atomic E-state index is -4.79. The third-order valence-electron chi connectivity index (χ3n) is 2.75. The van der Waals surface area contributed by atoms with Crippen molar-refractivity contribution in [3.63, 3.8) is 0 Å². The molecule has 0 aliphatic carbocycles. The Hall–Kier alpha value is -2.37. The first-order chi connectivity index (χ1) is 11.2. The molecular formula is C14H8F3IN2O4. The van der Waals surface area contributed by atoms with Crippen molar-refractivity contribution in [2.75, 3.05) is 5.32 Å². The van der Waals surface area contributed by atoms with Crippen LogP contribution in [0.1, 0.15) is 10.4 Å². The van der Waals surface area contributed by atoms with Gasteiger partial charge in [-0.2, -0.15) is 0 Å². The SMILES string of the molecule is O=C(Nc1ccc(OC(F)(F)F)cc1)c1ccc([N+](=O)[O-])cc1I. The Morgan fingerprint density at radius 2 is 1.79 bits per heavy atom. The Balaban J connectivity index is 2.11. The van der Waals surface area contributed by atoms with E-state index in [1.807, 2.05) is 0 Å². The molecular weight excluding hydrogens is 444 g/mol. The molecule has 126 valence electrons. The second-order valence-electron chi connectivity index (χ2n) is 4.45. The molecule has 0 aromatic heterocycles. The molecule has 0 aliphatic heterocycles. The summed E-state index contributed by atoms with van der Waals surface area (Å²) in [6.45, 7) is 0. The zero-order valence-electron chi connectivity index (χ0n) is 11.6. The summed E-state index contributed by atoms with van der Waals surface area (Å²) in [6, 6.07) is 8.35. The van der Waals surface area contributed by atoms with E-state index in [0.29, 0.717) is 3.57 Å². The lowest BCUT2D eigenvalue weighted by molar-refractivity contribution is -0.384. The second kappa shape index (κ2) is 7.03. The van der Waals surface area contributed by atoms with Gasteiger partial charge in [0.2, 0.25) is 0 Å². The number of non-ortho nitro benzene ring substituents is 1. The van der Waals surface area contributed by atoms with Gasteiger partial charge in [-0.25, -0.2) is 0 Å². The van der Waals surface area contributed by atoms with Gasteiger partial charge in [-0.05, 0) is 52.9 Å². The summed E-state index contributed by atoms with van der Waals surface area (Å²) in [5, 5.41) is 13.2. The number of nitro groups is 1. The maximum absolute atomic E-state index is 12.1. The van der Waals surface area contributed by atoms with Crippen LogP contribution in [0.3, 0.4) is 0 Å². The number of ether oxygens (including phenoxy) is 1. The Morgan fingerprint density at radius 1 is 1.17 bits per heavy atom. The molecule has 24 heavy (non-hydrogen) atoms. The summed E-state index contributed by atoms with van der Waals surface area (Å²) in [4.78, 5) is 22.2. The van der Waals surface area contributed by atoms with Crippen LogP contribution in [0.2, 0.25) is 0 Å². The maximum Gasteiger partial charge on any atom is 0.573 e. The smallest absolute Gasteiger partial charge is 0.406 e. The van der Waals surface area contributed by atoms with Gasteiger partial charge in [-0.1, -0.05) is 0 Å². The summed E-state index contributed by atoms with van der Waals surface area (Å²) in [5.41, 5.74) is 0.310. The molecule has 0 saturated carbocycles. The molecule has 1 N–H and O–H groups in total. The van der Waals surface area contributed by atoms with Gasteiger partial charge < -0.3 is 10.1 Å². The number of rotatable bonds is 4. The van der Waals surface area contributed by atoms with E-state index in [4.69, 9.17) is 0 Å². The fraction of sp³-hybridized carbons (Fsp3) is 0.0714. The number of anilines is 1. The number of hydrogen-bond donors (Lipinski definition) is 1. The molecule has 0 spiro atoms. The first-order valence-electron chi connectivity index (χ1n) is 6.27. The molecule has 10 heteroatoms. The van der Waals surface area contributed by atoms with Crippen LogP contribution in [0.25, 0.3) is 0 Å². The summed E-state index contributed by atoms with van der Waals surface area (Å²) in [7, 11) is 0. The van der Waals surface area contributed by atoms with E-state index in [1.165, 1.54) is 30.3 Å². The normalized spacial score (nSPS) is 11.0. The molecule has 0 radical (unpaired) electrons. The number of halogens is 4. The maximum atomic E-state index is 12.1. The topological polar surface area (TPSA) is 81.5 Å². The highest BCUT2D eigenvalue weighted by atomic mass is 127. The lowest BCUT2D eigenvalue weighted by atomic mass is 10.2. The Kier molecular flexibility index (Phi) is 5.26. The number of nitrogens with zero attached hydrogens (tertiary/aromatic N) is 1. The van der Waals surface area contributed by atoms with Crippen molar-refractivity contribution in [1.82, 2.24) is 0 Å². The van der Waals surface area contributed by atoms with Crippen molar-refractivity contribution in [3.8, 4) is 5.75 Å². The van der Waals surface area contributed by atoms with E-state index >= 15 is 0 Å². The van der Waals surface area contributed by atoms with E-state index in [-0.39, 0.29) is 16.9 Å². The predicted octanol–water partition coefficient (Wildman–Crippen LogP) is 4.35. The fourth-order valence-corrected chi connectivity index (χ4v) is 2.48. The standard InChI is InChI=1S/C14H8F3IN2O4/c15-14(16,17)24-10-4-1-8(2-5-10)19-13(21)11-6-3-9(20(22)23)7-12(11)18/h1-7H,(H,19,21). The van der Waals surface area contributed by atoms with Crippen LogP contribution < -0.4 is 10.1 Å². The van der Waals surface area contributed by atoms with Crippen LogP contribution in [0, 0.1) is 13.7 Å². The number of nitro benzene ring substituents is 1. The molecule has 0 atom stereocenters. The first-order valence-corrected chi connectivity index (χ1v) is 7.35. The molecule has 0 saturated heterocycles. The second-order valence-corrected chi connectivity index (χ2v) is 5.61. The van der Waals surface area contributed by atoms with Gasteiger partial charge in [-0.3, -0.25) is 14.9 Å². The minimum absolute atomic E-state index is 0.149. The van der Waals surface area contributed by atoms with E-state index in [1.54, 1.807) is 22.6 Å². The number of amides is 1. The molecule has 6 nitrogen and oxygen atoms in total. The third-order valence-corrected chi connectivity index (χ3v) is 3.65. The van der Waals surface area contributed by atoms with Gasteiger partial charge >= 0.3 is 6.36 Å². The van der Waals surface area contributed by atoms with Crippen LogP contribution in [0.4, 0.5) is 24.5 Å². The highest BCUT2D eigenvalue weighted by Crippen LogP contribution is 2.25. The summed E-state index contributed by atoms with van der Waals surface area (Å²) in [5.74, 6) is -0.954. The monoisotopic (exact) mass is 452 g/mol. The van der Waals surface area contributed by atoms with Crippen molar-refractivity contribution in [2.45, 2.75) is 6.36 Å². The molecule has 0 heterocycles. The van der Waals surface area contributed by atoms with Crippen LogP contribution in [-0.4, -0.2) is 17.2 Å². The minimum Gasteiger partial charge on any atom is -0.406 e. The van der Waals surface area contributed by atoms with Crippen molar-refractivity contribution in [1.29, 1.82) is 0 Å². The van der Waals surface area contributed by atoms with Crippen LogP contribution in [0.5, 0.6) is 5.75 Å². The summed E-state index contributed by atoms with van der Waals surface area (Å²) < 4.78 is 40.3. The quantitative estimate of drug-likeness (QED) is 0.425. The zero-order valence-corrected chi connectivity index (χ0v) is 13.8. The molecule has 0 bridgehead atoms. The van der Waals surface area contributed by atoms with E-state index in [0.717, 1.165) is 12.1 Å². The average Bonchev–Trinajstić information content (AvgIpc) is 2.47. The zero-order chi connectivity index (χ0) is 17.9. The number of benzene rings is 2. The van der Waals surface area contributed by atoms with E-state index in [9.17, 15) is 28.1 Å². The number of alkyl halides is 3. The third kappa shape index (κ3) is 4.81. The van der Waals surface area contributed by atoms with Crippen molar-refractivity contribution in [3.05, 3.63) is 61.7 Å². The molecule has 2 aromatic carbocycles. The lowest BCUT2D eigenvalue weighted by Crippen LogP contribution is -2.17. The van der Waals surface area contributed by atoms with Gasteiger partial charge in [-0.15, -0.1) is 13.2 Å². The van der Waals surface area contributed by atoms with Crippen LogP contribution in [-0.2, 0) is 0 Å². The Labute approximate surface area is 146 Å². The van der Waals surface area contributed by atoms with Crippen molar-refractivity contribution >= 4 is 39.9 Å². The average molecular weight is 452 g/mol. The molecule has 1 amide bonds. The van der Waals surface area contributed by atoms with Crippen LogP contribution >= 0.6 is 22.6 Å². The predicted molar refractivity (Wildman–Crippen MR) is 86.9 cm³/mol. The summed E-state index contributed by atoms with van der Waals surface area (Å²) >= 11 is 1.79. The van der Waals surface area contributed by atoms with Gasteiger partial charge in [0.25, 0.3) is 11.6 Å². The fourth-order valence-electron chi connectivity index (χ4n) is 1.74. The highest BCUT2D eigenvalue weighted by molar-refractivity contribution is 14.1. The van der Waals surface area contributed by atoms with Gasteiger partial charge in [0.15, 0.2) is 0 Å². The highest BCUT2D eigenvalue weighted by Gasteiger charge is 2.31. The van der Waals surface area contributed by atoms with Gasteiger partial charge in [0.1, 0.15) is 5.75 Å². The Morgan fingerprint density at radius 3 is 2.29 bits per heavy atom. The summed E-state index contributed by atoms with van der Waals surface area (Å²) in [6.07, 6.45) is -4.79. The van der Waals surface area contributed by atoms with Gasteiger partial charge in [0, 0.05) is 21.4 Å². The molecule has 0 aliphatic rings. The number of hydrogen-bond acceptors (Lipinski definition) is 4. The number of carbonyl (C=O) groups is 1. The largest absolute Gasteiger partial charge is 0.573 e. The molecule has 2 aromatic rings. The van der Waals surface area contributed by atoms with Crippen molar-refractivity contribution in [2.24, 2.45) is 0 Å². The first kappa shape index (κ1) is 18.0. The molecule has 0 fully saturated rings. The van der Waals surface area contributed by atoms with E-state index in [2.05, 4.69) is 10.1 Å². The molecule has 2 rings (SSSR count). The van der Waals surface area contributed by atoms with Crippen molar-refractivity contribution < 1.29 is 27.6 Å². The van der Waals surface area contributed by atoms with E-state index < -0.39 is 22.9 Å². The Bertz CT molecular complexity index is 779.